The van der Waals surface area contributed by atoms with Gasteiger partial charge in [0, 0.05) is 18.0 Å². The van der Waals surface area contributed by atoms with Gasteiger partial charge in [-0.25, -0.2) is 0 Å². The summed E-state index contributed by atoms with van der Waals surface area (Å²) in [7, 11) is 0. The van der Waals surface area contributed by atoms with E-state index in [1.165, 1.54) is 11.8 Å². The fourth-order valence-electron chi connectivity index (χ4n) is 1.78. The van der Waals surface area contributed by atoms with E-state index in [-0.39, 0.29) is 6.42 Å². The molecule has 0 atom stereocenters. The van der Waals surface area contributed by atoms with E-state index in [2.05, 4.69) is 16.9 Å². The molecule has 1 aromatic carbocycles. The first kappa shape index (κ1) is 12.2. The van der Waals surface area contributed by atoms with E-state index in [1.807, 2.05) is 24.3 Å². The monoisotopic (exact) mass is 242 g/mol. The number of nitrogens with zero attached hydrogens (tertiary/aromatic N) is 2. The zero-order valence-corrected chi connectivity index (χ0v) is 10.1. The molecule has 1 heterocycles. The van der Waals surface area contributed by atoms with Crippen molar-refractivity contribution in [2.75, 3.05) is 0 Å². The molecule has 0 aliphatic rings. The van der Waals surface area contributed by atoms with Crippen molar-refractivity contribution in [3.05, 3.63) is 47.9 Å². The third kappa shape index (κ3) is 2.71. The lowest BCUT2D eigenvalue weighted by Gasteiger charge is -2.06. The summed E-state index contributed by atoms with van der Waals surface area (Å²) >= 11 is 0. The predicted octanol–water partition coefficient (Wildman–Crippen LogP) is 2.33. The molecule has 0 saturated heterocycles. The van der Waals surface area contributed by atoms with Crippen molar-refractivity contribution in [3.8, 4) is 11.3 Å². The Bertz CT molecular complexity index is 550. The van der Waals surface area contributed by atoms with Crippen LogP contribution in [0.25, 0.3) is 11.3 Å². The molecule has 0 radical (unpaired) electrons. The molecule has 4 nitrogen and oxygen atoms in total. The van der Waals surface area contributed by atoms with Crippen LogP contribution in [0.4, 0.5) is 0 Å². The number of benzene rings is 1. The van der Waals surface area contributed by atoms with Crippen LogP contribution in [0, 0.1) is 0 Å². The molecule has 92 valence electrons. The van der Waals surface area contributed by atoms with E-state index in [9.17, 15) is 4.79 Å². The summed E-state index contributed by atoms with van der Waals surface area (Å²) in [5, 5.41) is 8.85. The highest BCUT2D eigenvalue weighted by atomic mass is 16.4. The maximum atomic E-state index is 10.8. The van der Waals surface area contributed by atoms with E-state index in [4.69, 9.17) is 5.11 Å². The number of rotatable bonds is 4. The van der Waals surface area contributed by atoms with Gasteiger partial charge >= 0.3 is 5.97 Å². The Morgan fingerprint density at radius 3 is 2.44 bits per heavy atom. The van der Waals surface area contributed by atoms with Gasteiger partial charge in [-0.05, 0) is 12.0 Å². The second kappa shape index (κ2) is 5.40. The minimum Gasteiger partial charge on any atom is -0.481 e. The second-order valence-electron chi connectivity index (χ2n) is 3.97. The van der Waals surface area contributed by atoms with Gasteiger partial charge < -0.3 is 5.11 Å². The Morgan fingerprint density at radius 1 is 1.17 bits per heavy atom. The lowest BCUT2D eigenvalue weighted by molar-refractivity contribution is -0.136. The molecule has 18 heavy (non-hydrogen) atoms. The summed E-state index contributed by atoms with van der Waals surface area (Å²) in [6.07, 6.45) is 3.96. The summed E-state index contributed by atoms with van der Waals surface area (Å²) < 4.78 is 0. The van der Waals surface area contributed by atoms with E-state index in [0.717, 1.165) is 12.0 Å². The van der Waals surface area contributed by atoms with Crippen molar-refractivity contribution in [3.63, 3.8) is 0 Å². The predicted molar refractivity (Wildman–Crippen MR) is 68.2 cm³/mol. The van der Waals surface area contributed by atoms with E-state index < -0.39 is 5.97 Å². The van der Waals surface area contributed by atoms with Gasteiger partial charge in [-0.1, -0.05) is 31.2 Å². The quantitative estimate of drug-likeness (QED) is 0.893. The van der Waals surface area contributed by atoms with Gasteiger partial charge in [0.05, 0.1) is 17.8 Å². The Balaban J connectivity index is 2.39. The topological polar surface area (TPSA) is 63.1 Å². The molecule has 1 aromatic heterocycles. The average molecular weight is 242 g/mol. The van der Waals surface area contributed by atoms with Crippen LogP contribution in [0.2, 0.25) is 0 Å². The molecule has 2 rings (SSSR count). The van der Waals surface area contributed by atoms with Gasteiger partial charge in [0.2, 0.25) is 0 Å². The van der Waals surface area contributed by atoms with Crippen LogP contribution in [0.1, 0.15) is 18.2 Å². The zero-order chi connectivity index (χ0) is 13.0. The molecular formula is C14H14N2O2. The van der Waals surface area contributed by atoms with Gasteiger partial charge in [0.25, 0.3) is 0 Å². The van der Waals surface area contributed by atoms with Crippen molar-refractivity contribution in [2.24, 2.45) is 0 Å². The molecule has 0 spiro atoms. The first-order valence-electron chi connectivity index (χ1n) is 5.81. The largest absolute Gasteiger partial charge is 0.481 e. The standard InChI is InChI=1S/C14H14N2O2/c1-2-10-3-5-11(6-4-10)14-12(9-13(17)18)15-7-8-16-14/h3-8H,2,9H2,1H3,(H,17,18). The minimum absolute atomic E-state index is 0.112. The minimum atomic E-state index is -0.901. The molecule has 0 saturated carbocycles. The number of aromatic nitrogens is 2. The fraction of sp³-hybridized carbons (Fsp3) is 0.214. The third-order valence-electron chi connectivity index (χ3n) is 2.73. The Labute approximate surface area is 105 Å². The zero-order valence-electron chi connectivity index (χ0n) is 10.1. The highest BCUT2D eigenvalue weighted by molar-refractivity contribution is 5.73. The van der Waals surface area contributed by atoms with E-state index in [1.54, 1.807) is 6.20 Å². The maximum Gasteiger partial charge on any atom is 0.309 e. The maximum absolute atomic E-state index is 10.8. The second-order valence-corrected chi connectivity index (χ2v) is 3.97. The van der Waals surface area contributed by atoms with Crippen molar-refractivity contribution in [1.82, 2.24) is 9.97 Å². The highest BCUT2D eigenvalue weighted by Gasteiger charge is 2.10. The lowest BCUT2D eigenvalue weighted by Crippen LogP contribution is -2.05. The van der Waals surface area contributed by atoms with Gasteiger partial charge in [-0.15, -0.1) is 0 Å². The molecular weight excluding hydrogens is 228 g/mol. The number of carbonyl (C=O) groups is 1. The lowest BCUT2D eigenvalue weighted by atomic mass is 10.0. The molecule has 1 N–H and O–H groups in total. The van der Waals surface area contributed by atoms with Crippen LogP contribution in [0.3, 0.4) is 0 Å². The molecule has 2 aromatic rings. The van der Waals surface area contributed by atoms with Crippen molar-refractivity contribution >= 4 is 5.97 Å². The number of carboxylic acid groups (broad SMARTS) is 1. The van der Waals surface area contributed by atoms with E-state index in [0.29, 0.717) is 11.4 Å². The SMILES string of the molecule is CCc1ccc(-c2nccnc2CC(=O)O)cc1. The summed E-state index contributed by atoms with van der Waals surface area (Å²) in [5.74, 6) is -0.901. The van der Waals surface area contributed by atoms with Gasteiger partial charge in [-0.2, -0.15) is 0 Å². The molecule has 0 fully saturated rings. The normalized spacial score (nSPS) is 10.3. The van der Waals surface area contributed by atoms with Crippen LogP contribution in [-0.4, -0.2) is 21.0 Å². The van der Waals surface area contributed by atoms with Gasteiger partial charge in [-0.3, -0.25) is 14.8 Å². The van der Waals surface area contributed by atoms with Crippen molar-refractivity contribution in [1.29, 1.82) is 0 Å². The molecule has 0 amide bonds. The Kier molecular flexibility index (Phi) is 3.67. The first-order chi connectivity index (χ1) is 8.70. The average Bonchev–Trinajstić information content (AvgIpc) is 2.39. The number of hydrogen-bond acceptors (Lipinski definition) is 3. The number of aryl methyl sites for hydroxylation is 1. The number of hydrogen-bond donors (Lipinski definition) is 1. The molecule has 0 aliphatic carbocycles. The molecule has 0 aliphatic heterocycles. The summed E-state index contributed by atoms with van der Waals surface area (Å²) in [6, 6.07) is 7.95. The summed E-state index contributed by atoms with van der Waals surface area (Å²) in [4.78, 5) is 19.1. The molecule has 0 unspecified atom stereocenters. The number of carboxylic acids is 1. The van der Waals surface area contributed by atoms with Crippen LogP contribution in [0.15, 0.2) is 36.7 Å². The molecule has 4 heteroatoms. The Morgan fingerprint density at radius 2 is 1.83 bits per heavy atom. The van der Waals surface area contributed by atoms with Crippen LogP contribution < -0.4 is 0 Å². The van der Waals surface area contributed by atoms with Crippen LogP contribution in [-0.2, 0) is 17.6 Å². The van der Waals surface area contributed by atoms with Crippen LogP contribution in [0.5, 0.6) is 0 Å². The summed E-state index contributed by atoms with van der Waals surface area (Å²) in [6.45, 7) is 2.09. The van der Waals surface area contributed by atoms with Gasteiger partial charge in [0.15, 0.2) is 0 Å². The van der Waals surface area contributed by atoms with Crippen molar-refractivity contribution in [2.45, 2.75) is 19.8 Å². The first-order valence-corrected chi connectivity index (χ1v) is 5.81. The Hall–Kier alpha value is -2.23. The van der Waals surface area contributed by atoms with E-state index >= 15 is 0 Å². The third-order valence-corrected chi connectivity index (χ3v) is 2.73. The molecule has 0 bridgehead atoms. The van der Waals surface area contributed by atoms with Crippen molar-refractivity contribution < 1.29 is 9.90 Å². The van der Waals surface area contributed by atoms with Crippen LogP contribution >= 0.6 is 0 Å². The number of aliphatic carboxylic acids is 1. The smallest absolute Gasteiger partial charge is 0.309 e. The summed E-state index contributed by atoms with van der Waals surface area (Å²) in [5.41, 5.74) is 3.27. The highest BCUT2D eigenvalue weighted by Crippen LogP contribution is 2.20. The fourth-order valence-corrected chi connectivity index (χ4v) is 1.78. The van der Waals surface area contributed by atoms with Gasteiger partial charge in [0.1, 0.15) is 0 Å².